The number of furan rings is 1. The number of likely N-dealkylation sites (N-methyl/N-ethyl adjacent to an activating group) is 1. The summed E-state index contributed by atoms with van der Waals surface area (Å²) >= 11 is 0. The molecular formula is C21H20N2O4. The van der Waals surface area contributed by atoms with E-state index in [4.69, 9.17) is 9.15 Å². The Morgan fingerprint density at radius 1 is 0.963 bits per heavy atom. The standard InChI is InChI=1S/C21H20N2O4/c1-23(15-19-8-5-13-26-19)20(24)14-22-21(25)16-9-11-18(12-10-16)27-17-6-3-2-4-7-17/h2-13H,14-15H2,1H3,(H,22,25). The molecule has 138 valence electrons. The number of para-hydroxylation sites is 1. The first kappa shape index (κ1) is 18.3. The van der Waals surface area contributed by atoms with Crippen LogP contribution in [0.15, 0.2) is 77.4 Å². The Hall–Kier alpha value is -3.54. The van der Waals surface area contributed by atoms with Gasteiger partial charge in [0.15, 0.2) is 0 Å². The van der Waals surface area contributed by atoms with Gasteiger partial charge in [0.1, 0.15) is 17.3 Å². The molecule has 3 aromatic rings. The van der Waals surface area contributed by atoms with Crippen molar-refractivity contribution < 1.29 is 18.7 Å². The van der Waals surface area contributed by atoms with E-state index in [0.29, 0.717) is 23.6 Å². The Morgan fingerprint density at radius 2 is 1.67 bits per heavy atom. The SMILES string of the molecule is CN(Cc1ccco1)C(=O)CNC(=O)c1ccc(Oc2ccccc2)cc1. The summed E-state index contributed by atoms with van der Waals surface area (Å²) in [6, 6.07) is 19.7. The van der Waals surface area contributed by atoms with Gasteiger partial charge in [-0.3, -0.25) is 9.59 Å². The van der Waals surface area contributed by atoms with Gasteiger partial charge in [0.25, 0.3) is 5.91 Å². The molecule has 3 rings (SSSR count). The van der Waals surface area contributed by atoms with E-state index in [1.54, 1.807) is 49.7 Å². The third kappa shape index (κ3) is 5.22. The number of rotatable bonds is 7. The Morgan fingerprint density at radius 3 is 2.33 bits per heavy atom. The summed E-state index contributed by atoms with van der Waals surface area (Å²) in [7, 11) is 1.66. The third-order valence-corrected chi connectivity index (χ3v) is 3.89. The van der Waals surface area contributed by atoms with Crippen molar-refractivity contribution in [3.63, 3.8) is 0 Å². The van der Waals surface area contributed by atoms with Crippen molar-refractivity contribution in [2.75, 3.05) is 13.6 Å². The molecule has 0 aliphatic carbocycles. The maximum Gasteiger partial charge on any atom is 0.251 e. The Kier molecular flexibility index (Phi) is 5.89. The van der Waals surface area contributed by atoms with Crippen LogP contribution in [0.3, 0.4) is 0 Å². The second-order valence-corrected chi connectivity index (χ2v) is 5.95. The van der Waals surface area contributed by atoms with Gasteiger partial charge >= 0.3 is 0 Å². The molecule has 2 aromatic carbocycles. The molecule has 0 bridgehead atoms. The first-order valence-corrected chi connectivity index (χ1v) is 8.49. The molecule has 1 N–H and O–H groups in total. The van der Waals surface area contributed by atoms with Crippen LogP contribution >= 0.6 is 0 Å². The van der Waals surface area contributed by atoms with Crippen molar-refractivity contribution >= 4 is 11.8 Å². The molecule has 27 heavy (non-hydrogen) atoms. The number of benzene rings is 2. The number of ether oxygens (including phenoxy) is 1. The molecule has 0 aliphatic rings. The van der Waals surface area contributed by atoms with Crippen LogP contribution in [0.4, 0.5) is 0 Å². The molecule has 0 radical (unpaired) electrons. The van der Waals surface area contributed by atoms with Gasteiger partial charge in [-0.2, -0.15) is 0 Å². The van der Waals surface area contributed by atoms with E-state index in [1.807, 2.05) is 30.3 Å². The summed E-state index contributed by atoms with van der Waals surface area (Å²) in [5.74, 6) is 1.52. The highest BCUT2D eigenvalue weighted by Crippen LogP contribution is 2.21. The van der Waals surface area contributed by atoms with E-state index in [2.05, 4.69) is 5.32 Å². The van der Waals surface area contributed by atoms with Crippen molar-refractivity contribution in [1.82, 2.24) is 10.2 Å². The lowest BCUT2D eigenvalue weighted by atomic mass is 10.2. The quantitative estimate of drug-likeness (QED) is 0.697. The number of hydrogen-bond donors (Lipinski definition) is 1. The molecule has 0 unspecified atom stereocenters. The van der Waals surface area contributed by atoms with Crippen molar-refractivity contribution in [2.45, 2.75) is 6.54 Å². The van der Waals surface area contributed by atoms with E-state index < -0.39 is 0 Å². The predicted octanol–water partition coefficient (Wildman–Crippen LogP) is 3.46. The Balaban J connectivity index is 1.49. The molecule has 2 amide bonds. The van der Waals surface area contributed by atoms with E-state index in [1.165, 1.54) is 4.90 Å². The second kappa shape index (κ2) is 8.71. The van der Waals surface area contributed by atoms with Gasteiger partial charge in [-0.1, -0.05) is 18.2 Å². The van der Waals surface area contributed by atoms with Gasteiger partial charge in [0.2, 0.25) is 5.91 Å². The molecular weight excluding hydrogens is 344 g/mol. The summed E-state index contributed by atoms with van der Waals surface area (Å²) in [4.78, 5) is 25.8. The van der Waals surface area contributed by atoms with E-state index in [0.717, 1.165) is 5.75 Å². The average Bonchev–Trinajstić information content (AvgIpc) is 3.20. The van der Waals surface area contributed by atoms with Crippen molar-refractivity contribution in [3.8, 4) is 11.5 Å². The first-order chi connectivity index (χ1) is 13.1. The van der Waals surface area contributed by atoms with E-state index in [9.17, 15) is 9.59 Å². The number of carbonyl (C=O) groups excluding carboxylic acids is 2. The van der Waals surface area contributed by atoms with E-state index in [-0.39, 0.29) is 18.4 Å². The lowest BCUT2D eigenvalue weighted by molar-refractivity contribution is -0.129. The first-order valence-electron chi connectivity index (χ1n) is 8.49. The summed E-state index contributed by atoms with van der Waals surface area (Å²) in [6.07, 6.45) is 1.56. The largest absolute Gasteiger partial charge is 0.467 e. The van der Waals surface area contributed by atoms with Crippen molar-refractivity contribution in [1.29, 1.82) is 0 Å². The molecule has 1 aromatic heterocycles. The highest BCUT2D eigenvalue weighted by Gasteiger charge is 2.13. The third-order valence-electron chi connectivity index (χ3n) is 3.89. The highest BCUT2D eigenvalue weighted by atomic mass is 16.5. The van der Waals surface area contributed by atoms with Gasteiger partial charge in [0, 0.05) is 12.6 Å². The van der Waals surface area contributed by atoms with E-state index >= 15 is 0 Å². The zero-order valence-corrected chi connectivity index (χ0v) is 14.9. The van der Waals surface area contributed by atoms with Gasteiger partial charge in [-0.25, -0.2) is 0 Å². The van der Waals surface area contributed by atoms with Crippen LogP contribution in [0.1, 0.15) is 16.1 Å². The highest BCUT2D eigenvalue weighted by molar-refractivity contribution is 5.96. The van der Waals surface area contributed by atoms with Crippen LogP contribution in [0.5, 0.6) is 11.5 Å². The fourth-order valence-electron chi connectivity index (χ4n) is 2.42. The average molecular weight is 364 g/mol. The Labute approximate surface area is 157 Å². The zero-order chi connectivity index (χ0) is 19.1. The minimum Gasteiger partial charge on any atom is -0.467 e. The fourth-order valence-corrected chi connectivity index (χ4v) is 2.42. The van der Waals surface area contributed by atoms with Crippen LogP contribution in [0.25, 0.3) is 0 Å². The minimum absolute atomic E-state index is 0.0850. The number of hydrogen-bond acceptors (Lipinski definition) is 4. The Bertz CT molecular complexity index is 874. The lowest BCUT2D eigenvalue weighted by Gasteiger charge is -2.16. The summed E-state index contributed by atoms with van der Waals surface area (Å²) in [5, 5.41) is 2.63. The molecule has 1 heterocycles. The predicted molar refractivity (Wildman–Crippen MR) is 100 cm³/mol. The topological polar surface area (TPSA) is 71.8 Å². The maximum absolute atomic E-state index is 12.2. The summed E-state index contributed by atoms with van der Waals surface area (Å²) in [6.45, 7) is 0.269. The van der Waals surface area contributed by atoms with Crippen LogP contribution in [-0.4, -0.2) is 30.3 Å². The number of nitrogens with zero attached hydrogens (tertiary/aromatic N) is 1. The number of nitrogens with one attached hydrogen (secondary N) is 1. The molecule has 6 heteroatoms. The van der Waals surface area contributed by atoms with Crippen molar-refractivity contribution in [3.05, 3.63) is 84.3 Å². The van der Waals surface area contributed by atoms with Crippen LogP contribution < -0.4 is 10.1 Å². The lowest BCUT2D eigenvalue weighted by Crippen LogP contribution is -2.37. The molecule has 0 spiro atoms. The smallest absolute Gasteiger partial charge is 0.251 e. The fraction of sp³-hybridized carbons (Fsp3) is 0.143. The van der Waals surface area contributed by atoms with Gasteiger partial charge in [-0.15, -0.1) is 0 Å². The summed E-state index contributed by atoms with van der Waals surface area (Å²) in [5.41, 5.74) is 0.455. The molecule has 0 atom stereocenters. The molecule has 0 saturated heterocycles. The van der Waals surface area contributed by atoms with Crippen molar-refractivity contribution in [2.24, 2.45) is 0 Å². The second-order valence-electron chi connectivity index (χ2n) is 5.95. The zero-order valence-electron chi connectivity index (χ0n) is 14.9. The van der Waals surface area contributed by atoms with Crippen LogP contribution in [-0.2, 0) is 11.3 Å². The monoisotopic (exact) mass is 364 g/mol. The molecule has 6 nitrogen and oxygen atoms in total. The minimum atomic E-state index is -0.319. The number of amides is 2. The van der Waals surface area contributed by atoms with Gasteiger partial charge in [0.05, 0.1) is 19.4 Å². The molecule has 0 saturated carbocycles. The van der Waals surface area contributed by atoms with Gasteiger partial charge in [-0.05, 0) is 48.5 Å². The van der Waals surface area contributed by atoms with Crippen LogP contribution in [0.2, 0.25) is 0 Å². The normalized spacial score (nSPS) is 10.3. The molecule has 0 aliphatic heterocycles. The van der Waals surface area contributed by atoms with Gasteiger partial charge < -0.3 is 19.4 Å². The summed E-state index contributed by atoms with van der Waals surface area (Å²) < 4.78 is 10.9. The molecule has 0 fully saturated rings. The number of carbonyl (C=O) groups is 2. The van der Waals surface area contributed by atoms with Crippen LogP contribution in [0, 0.1) is 0 Å². The maximum atomic E-state index is 12.2.